The molecule has 0 heterocycles. The summed E-state index contributed by atoms with van der Waals surface area (Å²) in [7, 11) is 0. The molecular weight excluding hydrogens is 248 g/mol. The van der Waals surface area contributed by atoms with E-state index in [2.05, 4.69) is 6.08 Å². The summed E-state index contributed by atoms with van der Waals surface area (Å²) < 4.78 is 5.07. The molecule has 2 rings (SSSR count). The molecule has 0 radical (unpaired) electrons. The Kier molecular flexibility index (Phi) is 6.62. The molecule has 0 aliphatic heterocycles. The van der Waals surface area contributed by atoms with Gasteiger partial charge in [0.2, 0.25) is 0 Å². The summed E-state index contributed by atoms with van der Waals surface area (Å²) >= 11 is 0. The van der Waals surface area contributed by atoms with Gasteiger partial charge < -0.3 is 4.74 Å². The minimum atomic E-state index is -0.166. The lowest BCUT2D eigenvalue weighted by molar-refractivity contribution is -0.137. The largest absolute Gasteiger partial charge is 0.463 e. The van der Waals surface area contributed by atoms with Crippen LogP contribution in [0.25, 0.3) is 0 Å². The Morgan fingerprint density at radius 3 is 2.30 bits per heavy atom. The fraction of sp³-hybridized carbons (Fsp3) is 0.833. The highest BCUT2D eigenvalue weighted by atomic mass is 16.5. The zero-order valence-corrected chi connectivity index (χ0v) is 13.0. The average molecular weight is 278 g/mol. The van der Waals surface area contributed by atoms with Crippen molar-refractivity contribution in [1.82, 2.24) is 0 Å². The fourth-order valence-corrected chi connectivity index (χ4v) is 3.88. The molecule has 0 aromatic rings. The molecule has 0 atom stereocenters. The van der Waals surface area contributed by atoms with E-state index in [-0.39, 0.29) is 5.97 Å². The van der Waals surface area contributed by atoms with Gasteiger partial charge in [-0.05, 0) is 49.9 Å². The normalized spacial score (nSPS) is 28.6. The second kappa shape index (κ2) is 8.49. The average Bonchev–Trinajstić information content (AvgIpc) is 2.52. The van der Waals surface area contributed by atoms with Crippen molar-refractivity contribution < 1.29 is 9.53 Å². The number of rotatable bonds is 5. The van der Waals surface area contributed by atoms with E-state index in [0.29, 0.717) is 12.5 Å². The molecule has 20 heavy (non-hydrogen) atoms. The summed E-state index contributed by atoms with van der Waals surface area (Å²) in [4.78, 5) is 11.4. The first-order valence-corrected chi connectivity index (χ1v) is 8.64. The standard InChI is InChI=1S/C18H30O2/c1-2-14-20-18(19)13-10-15-8-11-17(12-9-15)16-6-4-3-5-7-16/h10,13,15-17H,2-9,11-12,14H2,1H3. The monoisotopic (exact) mass is 278 g/mol. The molecule has 2 fully saturated rings. The van der Waals surface area contributed by atoms with Gasteiger partial charge in [0.25, 0.3) is 0 Å². The van der Waals surface area contributed by atoms with E-state index in [9.17, 15) is 4.79 Å². The van der Waals surface area contributed by atoms with Crippen LogP contribution in [0.15, 0.2) is 12.2 Å². The van der Waals surface area contributed by atoms with E-state index in [0.717, 1.165) is 18.3 Å². The minimum absolute atomic E-state index is 0.166. The first-order valence-electron chi connectivity index (χ1n) is 8.64. The van der Waals surface area contributed by atoms with Gasteiger partial charge in [0.1, 0.15) is 0 Å². The Morgan fingerprint density at radius 1 is 1.00 bits per heavy atom. The summed E-state index contributed by atoms with van der Waals surface area (Å²) in [6, 6.07) is 0. The number of ether oxygens (including phenoxy) is 1. The van der Waals surface area contributed by atoms with Crippen molar-refractivity contribution in [3.05, 3.63) is 12.2 Å². The van der Waals surface area contributed by atoms with Gasteiger partial charge in [-0.15, -0.1) is 0 Å². The summed E-state index contributed by atoms with van der Waals surface area (Å²) in [5.74, 6) is 2.40. The molecule has 114 valence electrons. The Balaban J connectivity index is 1.68. The maximum absolute atomic E-state index is 11.4. The highest BCUT2D eigenvalue weighted by molar-refractivity contribution is 5.81. The van der Waals surface area contributed by atoms with Crippen molar-refractivity contribution in [2.75, 3.05) is 6.61 Å². The third-order valence-corrected chi connectivity index (χ3v) is 5.09. The molecule has 2 aliphatic carbocycles. The van der Waals surface area contributed by atoms with E-state index in [1.807, 2.05) is 6.92 Å². The predicted molar refractivity (Wildman–Crippen MR) is 82.4 cm³/mol. The maximum atomic E-state index is 11.4. The van der Waals surface area contributed by atoms with Crippen LogP contribution in [0, 0.1) is 17.8 Å². The first kappa shape index (κ1) is 15.6. The number of hydrogen-bond donors (Lipinski definition) is 0. The third kappa shape index (κ3) is 4.96. The molecule has 2 heteroatoms. The lowest BCUT2D eigenvalue weighted by Crippen LogP contribution is -2.23. The van der Waals surface area contributed by atoms with Crippen LogP contribution in [0.5, 0.6) is 0 Å². The summed E-state index contributed by atoms with van der Waals surface area (Å²) in [6.45, 7) is 2.56. The predicted octanol–water partition coefficient (Wildman–Crippen LogP) is 4.88. The van der Waals surface area contributed by atoms with E-state index < -0.39 is 0 Å². The van der Waals surface area contributed by atoms with E-state index >= 15 is 0 Å². The van der Waals surface area contributed by atoms with E-state index in [1.165, 1.54) is 57.8 Å². The van der Waals surface area contributed by atoms with Crippen molar-refractivity contribution in [3.8, 4) is 0 Å². The molecular formula is C18H30O2. The quantitative estimate of drug-likeness (QED) is 0.529. The molecule has 0 amide bonds. The van der Waals surface area contributed by atoms with Crippen molar-refractivity contribution in [3.63, 3.8) is 0 Å². The fourth-order valence-electron chi connectivity index (χ4n) is 3.88. The number of carbonyl (C=O) groups is 1. The van der Waals surface area contributed by atoms with Gasteiger partial charge in [-0.2, -0.15) is 0 Å². The lowest BCUT2D eigenvalue weighted by Gasteiger charge is -2.35. The Bertz CT molecular complexity index is 307. The van der Waals surface area contributed by atoms with Crippen LogP contribution in [-0.4, -0.2) is 12.6 Å². The van der Waals surface area contributed by atoms with Crippen LogP contribution in [0.4, 0.5) is 0 Å². The second-order valence-electron chi connectivity index (χ2n) is 6.60. The molecule has 0 saturated heterocycles. The number of carbonyl (C=O) groups excluding carboxylic acids is 1. The molecule has 0 bridgehead atoms. The summed E-state index contributed by atoms with van der Waals surface area (Å²) in [5.41, 5.74) is 0. The number of allylic oxidation sites excluding steroid dienone is 1. The molecule has 2 nitrogen and oxygen atoms in total. The molecule has 2 saturated carbocycles. The van der Waals surface area contributed by atoms with Gasteiger partial charge >= 0.3 is 5.97 Å². The van der Waals surface area contributed by atoms with Crippen molar-refractivity contribution in [2.45, 2.75) is 71.1 Å². The van der Waals surface area contributed by atoms with Crippen LogP contribution in [-0.2, 0) is 9.53 Å². The summed E-state index contributed by atoms with van der Waals surface area (Å²) in [5, 5.41) is 0. The first-order chi connectivity index (χ1) is 9.79. The molecule has 2 aliphatic rings. The third-order valence-electron chi connectivity index (χ3n) is 5.09. The van der Waals surface area contributed by atoms with E-state index in [1.54, 1.807) is 6.08 Å². The van der Waals surface area contributed by atoms with Gasteiger partial charge in [0, 0.05) is 6.08 Å². The zero-order valence-electron chi connectivity index (χ0n) is 13.0. The van der Waals surface area contributed by atoms with Crippen molar-refractivity contribution in [2.24, 2.45) is 17.8 Å². The van der Waals surface area contributed by atoms with Gasteiger partial charge in [-0.3, -0.25) is 0 Å². The highest BCUT2D eigenvalue weighted by Crippen LogP contribution is 2.40. The van der Waals surface area contributed by atoms with Crippen molar-refractivity contribution in [1.29, 1.82) is 0 Å². The maximum Gasteiger partial charge on any atom is 0.330 e. The smallest absolute Gasteiger partial charge is 0.330 e. The lowest BCUT2D eigenvalue weighted by atomic mass is 9.71. The molecule has 0 aromatic heterocycles. The summed E-state index contributed by atoms with van der Waals surface area (Å²) in [6.07, 6.45) is 17.2. The van der Waals surface area contributed by atoms with Crippen LogP contribution < -0.4 is 0 Å². The number of hydrogen-bond acceptors (Lipinski definition) is 2. The van der Waals surface area contributed by atoms with Gasteiger partial charge in [-0.25, -0.2) is 4.79 Å². The molecule has 0 aromatic carbocycles. The number of esters is 1. The van der Waals surface area contributed by atoms with Crippen LogP contribution in [0.1, 0.15) is 71.1 Å². The topological polar surface area (TPSA) is 26.3 Å². The SMILES string of the molecule is CCCOC(=O)C=CC1CCC(C2CCCCC2)CC1. The van der Waals surface area contributed by atoms with Crippen molar-refractivity contribution >= 4 is 5.97 Å². The molecule has 0 spiro atoms. The highest BCUT2D eigenvalue weighted by Gasteiger charge is 2.27. The Morgan fingerprint density at radius 2 is 1.65 bits per heavy atom. The Hall–Kier alpha value is -0.790. The van der Waals surface area contributed by atoms with Gasteiger partial charge in [-0.1, -0.05) is 45.1 Å². The van der Waals surface area contributed by atoms with Crippen LogP contribution in [0.3, 0.4) is 0 Å². The zero-order chi connectivity index (χ0) is 14.2. The van der Waals surface area contributed by atoms with E-state index in [4.69, 9.17) is 4.74 Å². The second-order valence-corrected chi connectivity index (χ2v) is 6.60. The molecule has 0 unspecified atom stereocenters. The van der Waals surface area contributed by atoms with Gasteiger partial charge in [0.15, 0.2) is 0 Å². The van der Waals surface area contributed by atoms with Crippen LogP contribution in [0.2, 0.25) is 0 Å². The minimum Gasteiger partial charge on any atom is -0.463 e. The van der Waals surface area contributed by atoms with Crippen LogP contribution >= 0.6 is 0 Å². The Labute approximate surface area is 124 Å². The van der Waals surface area contributed by atoms with Gasteiger partial charge in [0.05, 0.1) is 6.61 Å². The molecule has 0 N–H and O–H groups in total.